The first-order valence-electron chi connectivity index (χ1n) is 8.23. The first-order valence-corrected chi connectivity index (χ1v) is 9.02. The van der Waals surface area contributed by atoms with Crippen molar-refractivity contribution in [3.63, 3.8) is 0 Å². The van der Waals surface area contributed by atoms with Crippen LogP contribution in [0.5, 0.6) is 0 Å². The van der Waals surface area contributed by atoms with Crippen molar-refractivity contribution in [2.75, 3.05) is 5.32 Å². The highest BCUT2D eigenvalue weighted by Gasteiger charge is 2.27. The molecule has 1 amide bonds. The molecule has 0 saturated heterocycles. The molecule has 6 heteroatoms. The number of hydrogen-bond donors (Lipinski definition) is 1. The number of aryl methyl sites for hydroxylation is 1. The van der Waals surface area contributed by atoms with Gasteiger partial charge in [0.25, 0.3) is 5.91 Å². The summed E-state index contributed by atoms with van der Waals surface area (Å²) in [6.45, 7) is 2.06. The molecule has 4 rings (SSSR count). The summed E-state index contributed by atoms with van der Waals surface area (Å²) in [5.74, 6) is 0.311. The molecule has 1 N–H and O–H groups in total. The fraction of sp³-hybridized carbons (Fsp3) is 0.211. The van der Waals surface area contributed by atoms with E-state index in [0.29, 0.717) is 11.5 Å². The highest BCUT2D eigenvalue weighted by atomic mass is 79.9. The van der Waals surface area contributed by atoms with Crippen LogP contribution in [0, 0.1) is 6.92 Å². The lowest BCUT2D eigenvalue weighted by Crippen LogP contribution is -2.15. The molecule has 25 heavy (non-hydrogen) atoms. The maximum absolute atomic E-state index is 12.7. The highest BCUT2D eigenvalue weighted by Crippen LogP contribution is 2.29. The second kappa shape index (κ2) is 6.44. The van der Waals surface area contributed by atoms with Crippen LogP contribution in [0.25, 0.3) is 5.69 Å². The van der Waals surface area contributed by atoms with Crippen LogP contribution in [0.3, 0.4) is 0 Å². The molecule has 0 aliphatic heterocycles. The van der Waals surface area contributed by atoms with E-state index in [9.17, 15) is 4.79 Å². The van der Waals surface area contributed by atoms with Gasteiger partial charge in [0.15, 0.2) is 5.69 Å². The van der Waals surface area contributed by atoms with E-state index in [-0.39, 0.29) is 5.91 Å². The van der Waals surface area contributed by atoms with Gasteiger partial charge in [0.2, 0.25) is 0 Å². The molecule has 0 radical (unpaired) electrons. The monoisotopic (exact) mass is 396 g/mol. The minimum atomic E-state index is -0.208. The minimum absolute atomic E-state index is 0.208. The van der Waals surface area contributed by atoms with Gasteiger partial charge in [-0.05, 0) is 65.9 Å². The van der Waals surface area contributed by atoms with E-state index >= 15 is 0 Å². The lowest BCUT2D eigenvalue weighted by molar-refractivity contribution is 0.102. The number of carbonyl (C=O) groups excluding carboxylic acids is 1. The fourth-order valence-corrected chi connectivity index (χ4v) is 3.48. The Balaban J connectivity index is 1.71. The van der Waals surface area contributed by atoms with Crippen molar-refractivity contribution in [3.8, 4) is 5.69 Å². The zero-order valence-electron chi connectivity index (χ0n) is 13.8. The molecule has 126 valence electrons. The van der Waals surface area contributed by atoms with Crippen LogP contribution >= 0.6 is 15.9 Å². The molecule has 0 unspecified atom stereocenters. The second-order valence-electron chi connectivity index (χ2n) is 6.14. The minimum Gasteiger partial charge on any atom is -0.305 e. The molecule has 0 bridgehead atoms. The van der Waals surface area contributed by atoms with Crippen LogP contribution in [0.2, 0.25) is 0 Å². The Labute approximate surface area is 154 Å². The van der Waals surface area contributed by atoms with Crippen LogP contribution in [0.1, 0.15) is 33.7 Å². The number of benzene rings is 1. The summed E-state index contributed by atoms with van der Waals surface area (Å²) in [5.41, 5.74) is 4.87. The average Bonchev–Trinajstić information content (AvgIpc) is 3.20. The Kier molecular flexibility index (Phi) is 4.13. The molecule has 3 aromatic rings. The predicted molar refractivity (Wildman–Crippen MR) is 100 cm³/mol. The second-order valence-corrected chi connectivity index (χ2v) is 7.06. The zero-order chi connectivity index (χ0) is 17.4. The number of halogens is 1. The molecule has 1 aromatic carbocycles. The molecule has 1 aliphatic carbocycles. The van der Waals surface area contributed by atoms with Crippen molar-refractivity contribution in [1.82, 2.24) is 14.8 Å². The fourth-order valence-electron chi connectivity index (χ4n) is 3.25. The third kappa shape index (κ3) is 2.98. The number of aromatic nitrogens is 3. The van der Waals surface area contributed by atoms with Gasteiger partial charge in [0, 0.05) is 21.9 Å². The number of fused-ring (bicyclic) bond motifs is 1. The number of nitrogens with one attached hydrogen (secondary N) is 1. The van der Waals surface area contributed by atoms with Crippen molar-refractivity contribution in [3.05, 3.63) is 69.6 Å². The summed E-state index contributed by atoms with van der Waals surface area (Å²) in [6.07, 6.45) is 4.54. The number of carbonyl (C=O) groups is 1. The van der Waals surface area contributed by atoms with E-state index in [4.69, 9.17) is 0 Å². The average molecular weight is 397 g/mol. The molecule has 0 saturated carbocycles. The first kappa shape index (κ1) is 16.0. The van der Waals surface area contributed by atoms with E-state index in [1.165, 1.54) is 0 Å². The summed E-state index contributed by atoms with van der Waals surface area (Å²) < 4.78 is 2.80. The highest BCUT2D eigenvalue weighted by molar-refractivity contribution is 9.10. The Bertz CT molecular complexity index is 947. The van der Waals surface area contributed by atoms with E-state index < -0.39 is 0 Å². The normalized spacial score (nSPS) is 12.9. The molecule has 5 nitrogen and oxygen atoms in total. The van der Waals surface area contributed by atoms with Gasteiger partial charge in [0.05, 0.1) is 5.69 Å². The number of rotatable bonds is 3. The van der Waals surface area contributed by atoms with Gasteiger partial charge in [-0.2, -0.15) is 5.10 Å². The number of para-hydroxylation sites is 1. The molecule has 0 spiro atoms. The number of nitrogens with zero attached hydrogens (tertiary/aromatic N) is 3. The van der Waals surface area contributed by atoms with Crippen LogP contribution in [-0.4, -0.2) is 20.7 Å². The topological polar surface area (TPSA) is 59.8 Å². The number of amides is 1. The van der Waals surface area contributed by atoms with Crippen molar-refractivity contribution in [2.24, 2.45) is 0 Å². The lowest BCUT2D eigenvalue weighted by Gasteiger charge is -2.08. The molecular formula is C19H17BrN4O. The van der Waals surface area contributed by atoms with Crippen molar-refractivity contribution in [2.45, 2.75) is 26.2 Å². The van der Waals surface area contributed by atoms with Crippen LogP contribution in [0.4, 0.5) is 5.82 Å². The summed E-state index contributed by atoms with van der Waals surface area (Å²) in [4.78, 5) is 17.0. The van der Waals surface area contributed by atoms with Crippen LogP contribution < -0.4 is 5.32 Å². The van der Waals surface area contributed by atoms with Gasteiger partial charge in [-0.3, -0.25) is 4.79 Å². The van der Waals surface area contributed by atoms with Gasteiger partial charge < -0.3 is 5.32 Å². The molecule has 1 aliphatic rings. The molecule has 0 fully saturated rings. The van der Waals surface area contributed by atoms with Gasteiger partial charge in [-0.15, -0.1) is 0 Å². The van der Waals surface area contributed by atoms with Crippen molar-refractivity contribution >= 4 is 27.7 Å². The van der Waals surface area contributed by atoms with E-state index in [1.807, 2.05) is 28.9 Å². The SMILES string of the molecule is Cc1ccccc1-n1nc(C(=O)Nc2ccc(Br)cn2)c2c1CCC2. The number of hydrogen-bond acceptors (Lipinski definition) is 3. The van der Waals surface area contributed by atoms with Crippen LogP contribution in [-0.2, 0) is 12.8 Å². The summed E-state index contributed by atoms with van der Waals surface area (Å²) in [5, 5.41) is 7.49. The van der Waals surface area contributed by atoms with Gasteiger partial charge in [-0.25, -0.2) is 9.67 Å². The predicted octanol–water partition coefficient (Wildman–Crippen LogP) is 4.08. The van der Waals surface area contributed by atoms with E-state index in [1.54, 1.807) is 12.3 Å². The smallest absolute Gasteiger partial charge is 0.277 e. The molecule has 2 aromatic heterocycles. The number of anilines is 1. The molecule has 0 atom stereocenters. The van der Waals surface area contributed by atoms with Gasteiger partial charge >= 0.3 is 0 Å². The third-order valence-electron chi connectivity index (χ3n) is 4.46. The maximum Gasteiger partial charge on any atom is 0.277 e. The quantitative estimate of drug-likeness (QED) is 0.725. The largest absolute Gasteiger partial charge is 0.305 e. The lowest BCUT2D eigenvalue weighted by atomic mass is 10.2. The zero-order valence-corrected chi connectivity index (χ0v) is 15.4. The van der Waals surface area contributed by atoms with Crippen molar-refractivity contribution < 1.29 is 4.79 Å². The Morgan fingerprint density at radius 3 is 2.80 bits per heavy atom. The van der Waals surface area contributed by atoms with E-state index in [2.05, 4.69) is 44.3 Å². The third-order valence-corrected chi connectivity index (χ3v) is 4.93. The number of pyridine rings is 1. The molecular weight excluding hydrogens is 380 g/mol. The van der Waals surface area contributed by atoms with Gasteiger partial charge in [0.1, 0.15) is 5.82 Å². The Morgan fingerprint density at radius 1 is 1.20 bits per heavy atom. The first-order chi connectivity index (χ1) is 12.1. The van der Waals surface area contributed by atoms with E-state index in [0.717, 1.165) is 46.2 Å². The standard InChI is InChI=1S/C19H17BrN4O/c1-12-5-2-3-7-15(12)24-16-8-4-6-14(16)18(23-24)19(25)22-17-10-9-13(20)11-21-17/h2-3,5,7,9-11H,4,6,8H2,1H3,(H,21,22,25). The Morgan fingerprint density at radius 2 is 2.04 bits per heavy atom. The summed E-state index contributed by atoms with van der Waals surface area (Å²) >= 11 is 3.34. The maximum atomic E-state index is 12.7. The summed E-state index contributed by atoms with van der Waals surface area (Å²) in [7, 11) is 0. The Hall–Kier alpha value is -2.47. The summed E-state index contributed by atoms with van der Waals surface area (Å²) in [6, 6.07) is 11.7. The van der Waals surface area contributed by atoms with Gasteiger partial charge in [-0.1, -0.05) is 18.2 Å². The van der Waals surface area contributed by atoms with Crippen molar-refractivity contribution in [1.29, 1.82) is 0 Å². The molecule has 2 heterocycles. The van der Waals surface area contributed by atoms with Crippen LogP contribution in [0.15, 0.2) is 47.1 Å².